The first-order valence-electron chi connectivity index (χ1n) is 11.4. The van der Waals surface area contributed by atoms with Crippen molar-refractivity contribution in [2.75, 3.05) is 30.7 Å². The van der Waals surface area contributed by atoms with Crippen LogP contribution < -0.4 is 9.46 Å². The number of rotatable bonds is 12. The molecule has 0 aliphatic carbocycles. The molecule has 0 amide bonds. The Bertz CT molecular complexity index is 1360. The zero-order valence-electron chi connectivity index (χ0n) is 19.9. The predicted molar refractivity (Wildman–Crippen MR) is 140 cm³/mol. The number of Topliss-reactive ketones (excluding diaryl/α,β-unsaturated/α-hetero) is 1. The number of benzene rings is 3. The minimum Gasteiger partial charge on any atom is -0.492 e. The third-order valence-corrected chi connectivity index (χ3v) is 6.05. The number of ketones is 1. The molecule has 3 aromatic carbocycles. The summed E-state index contributed by atoms with van der Waals surface area (Å²) in [6.07, 6.45) is 6.44. The molecule has 9 heteroatoms. The van der Waals surface area contributed by atoms with E-state index < -0.39 is 10.0 Å². The van der Waals surface area contributed by atoms with Crippen LogP contribution in [0.3, 0.4) is 0 Å². The monoisotopic (exact) mass is 504 g/mol. The first kappa shape index (κ1) is 25.2. The summed E-state index contributed by atoms with van der Waals surface area (Å²) < 4.78 is 33.1. The predicted octanol–water partition coefficient (Wildman–Crippen LogP) is 4.01. The van der Waals surface area contributed by atoms with Crippen LogP contribution in [0.5, 0.6) is 5.75 Å². The molecule has 1 aromatic heterocycles. The summed E-state index contributed by atoms with van der Waals surface area (Å²) in [5, 5.41) is 0. The summed E-state index contributed by atoms with van der Waals surface area (Å²) >= 11 is 0. The molecule has 4 aromatic rings. The molecule has 0 unspecified atom stereocenters. The second-order valence-corrected chi connectivity index (χ2v) is 10.1. The van der Waals surface area contributed by atoms with E-state index in [2.05, 4.69) is 9.71 Å². The fourth-order valence-electron chi connectivity index (χ4n) is 3.71. The van der Waals surface area contributed by atoms with Gasteiger partial charge in [0, 0.05) is 42.4 Å². The van der Waals surface area contributed by atoms with Crippen LogP contribution in [-0.4, -0.2) is 54.6 Å². The Morgan fingerprint density at radius 2 is 1.72 bits per heavy atom. The van der Waals surface area contributed by atoms with Crippen LogP contribution in [0.25, 0.3) is 5.69 Å². The van der Waals surface area contributed by atoms with Gasteiger partial charge in [0.2, 0.25) is 10.0 Å². The topological polar surface area (TPSA) is 93.5 Å². The van der Waals surface area contributed by atoms with Gasteiger partial charge >= 0.3 is 0 Å². The standard InChI is InChI=1S/C27H28N4O4S/c1-36(33,34)29-24-9-7-23(8-10-24)27(32)20-30(19-22-5-3-2-4-6-22)17-18-35-26-13-11-25(12-14-26)31-16-15-28-21-31/h2-16,21,29H,17-20H2,1H3. The van der Waals surface area contributed by atoms with Crippen molar-refractivity contribution in [3.8, 4) is 11.4 Å². The Morgan fingerprint density at radius 1 is 1.00 bits per heavy atom. The Balaban J connectivity index is 1.37. The first-order valence-corrected chi connectivity index (χ1v) is 13.3. The third-order valence-electron chi connectivity index (χ3n) is 5.44. The van der Waals surface area contributed by atoms with Crippen LogP contribution in [0.15, 0.2) is 97.6 Å². The molecule has 1 heterocycles. The Hall–Kier alpha value is -3.95. The van der Waals surface area contributed by atoms with E-state index in [1.165, 1.54) is 0 Å². The third kappa shape index (κ3) is 7.53. The van der Waals surface area contributed by atoms with E-state index in [0.717, 1.165) is 23.3 Å². The van der Waals surface area contributed by atoms with Crippen molar-refractivity contribution in [3.63, 3.8) is 0 Å². The minimum absolute atomic E-state index is 0.0541. The summed E-state index contributed by atoms with van der Waals surface area (Å²) in [6.45, 7) is 1.78. The van der Waals surface area contributed by atoms with E-state index >= 15 is 0 Å². The van der Waals surface area contributed by atoms with E-state index in [-0.39, 0.29) is 12.3 Å². The molecule has 0 saturated carbocycles. The van der Waals surface area contributed by atoms with Crippen molar-refractivity contribution in [1.82, 2.24) is 14.5 Å². The molecule has 0 radical (unpaired) electrons. The highest BCUT2D eigenvalue weighted by atomic mass is 32.2. The molecule has 36 heavy (non-hydrogen) atoms. The van der Waals surface area contributed by atoms with E-state index in [4.69, 9.17) is 4.74 Å². The summed E-state index contributed by atoms with van der Waals surface area (Å²) in [7, 11) is -3.37. The second kappa shape index (κ2) is 11.7. The average Bonchev–Trinajstić information content (AvgIpc) is 3.40. The molecule has 0 spiro atoms. The van der Waals surface area contributed by atoms with Crippen molar-refractivity contribution >= 4 is 21.5 Å². The van der Waals surface area contributed by atoms with Gasteiger partial charge in [-0.3, -0.25) is 14.4 Å². The molecular formula is C27H28N4O4S. The van der Waals surface area contributed by atoms with Crippen molar-refractivity contribution in [2.24, 2.45) is 0 Å². The lowest BCUT2D eigenvalue weighted by Crippen LogP contribution is -2.33. The summed E-state index contributed by atoms with van der Waals surface area (Å²) in [5.41, 5.74) is 3.03. The lowest BCUT2D eigenvalue weighted by atomic mass is 10.1. The maximum atomic E-state index is 13.0. The second-order valence-electron chi connectivity index (χ2n) is 8.38. The largest absolute Gasteiger partial charge is 0.492 e. The molecule has 0 bridgehead atoms. The highest BCUT2D eigenvalue weighted by Crippen LogP contribution is 2.16. The molecule has 1 N–H and O–H groups in total. The normalized spacial score (nSPS) is 11.4. The molecule has 0 fully saturated rings. The molecule has 4 rings (SSSR count). The number of anilines is 1. The van der Waals surface area contributed by atoms with Crippen molar-refractivity contribution < 1.29 is 17.9 Å². The number of carbonyl (C=O) groups is 1. The quantitative estimate of drug-likeness (QED) is 0.293. The zero-order chi connectivity index (χ0) is 25.4. The van der Waals surface area contributed by atoms with Crippen LogP contribution in [-0.2, 0) is 16.6 Å². The number of nitrogens with zero attached hydrogens (tertiary/aromatic N) is 3. The smallest absolute Gasteiger partial charge is 0.229 e. The minimum atomic E-state index is -3.37. The van der Waals surface area contributed by atoms with Crippen molar-refractivity contribution in [3.05, 3.63) is 109 Å². The van der Waals surface area contributed by atoms with Crippen LogP contribution in [0.1, 0.15) is 15.9 Å². The van der Waals surface area contributed by atoms with Crippen LogP contribution in [0.4, 0.5) is 5.69 Å². The SMILES string of the molecule is CS(=O)(=O)Nc1ccc(C(=O)CN(CCOc2ccc(-n3ccnc3)cc2)Cc2ccccc2)cc1. The van der Waals surface area contributed by atoms with Gasteiger partial charge in [-0.05, 0) is 54.1 Å². The van der Waals surface area contributed by atoms with Gasteiger partial charge in [0.05, 0.1) is 19.1 Å². The fourth-order valence-corrected chi connectivity index (χ4v) is 4.27. The number of sulfonamides is 1. The summed E-state index contributed by atoms with van der Waals surface area (Å²) in [4.78, 5) is 19.1. The molecule has 0 aliphatic rings. The maximum absolute atomic E-state index is 13.0. The Labute approximate surface area is 211 Å². The van der Waals surface area contributed by atoms with Gasteiger partial charge in [-0.15, -0.1) is 0 Å². The molecule has 186 valence electrons. The van der Waals surface area contributed by atoms with E-state index in [0.29, 0.717) is 30.9 Å². The van der Waals surface area contributed by atoms with Gasteiger partial charge < -0.3 is 9.30 Å². The lowest BCUT2D eigenvalue weighted by molar-refractivity contribution is 0.0912. The number of hydrogen-bond acceptors (Lipinski definition) is 6. The Kier molecular flexibility index (Phi) is 8.14. The van der Waals surface area contributed by atoms with E-state index in [1.54, 1.807) is 36.8 Å². The van der Waals surface area contributed by atoms with Gasteiger partial charge in [-0.25, -0.2) is 13.4 Å². The van der Waals surface area contributed by atoms with Gasteiger partial charge in [-0.2, -0.15) is 0 Å². The van der Waals surface area contributed by atoms with E-state index in [1.807, 2.05) is 70.3 Å². The highest BCUT2D eigenvalue weighted by molar-refractivity contribution is 7.92. The van der Waals surface area contributed by atoms with Gasteiger partial charge in [-0.1, -0.05) is 30.3 Å². The molecule has 0 aliphatic heterocycles. The van der Waals surface area contributed by atoms with E-state index in [9.17, 15) is 13.2 Å². The van der Waals surface area contributed by atoms with Crippen LogP contribution in [0.2, 0.25) is 0 Å². The number of hydrogen-bond donors (Lipinski definition) is 1. The molecule has 0 saturated heterocycles. The number of imidazole rings is 1. The highest BCUT2D eigenvalue weighted by Gasteiger charge is 2.14. The average molecular weight is 505 g/mol. The number of ether oxygens (including phenoxy) is 1. The summed E-state index contributed by atoms with van der Waals surface area (Å²) in [6, 6.07) is 24.2. The number of aromatic nitrogens is 2. The van der Waals surface area contributed by atoms with Gasteiger partial charge in [0.15, 0.2) is 5.78 Å². The lowest BCUT2D eigenvalue weighted by Gasteiger charge is -2.22. The molecule has 0 atom stereocenters. The fraction of sp³-hybridized carbons (Fsp3) is 0.185. The number of carbonyl (C=O) groups excluding carboxylic acids is 1. The number of nitrogens with one attached hydrogen (secondary N) is 1. The maximum Gasteiger partial charge on any atom is 0.229 e. The first-order chi connectivity index (χ1) is 17.4. The van der Waals surface area contributed by atoms with Crippen molar-refractivity contribution in [1.29, 1.82) is 0 Å². The molecule has 8 nitrogen and oxygen atoms in total. The zero-order valence-corrected chi connectivity index (χ0v) is 20.8. The van der Waals surface area contributed by atoms with Crippen molar-refractivity contribution in [2.45, 2.75) is 6.54 Å². The molecular weight excluding hydrogens is 476 g/mol. The van der Waals surface area contributed by atoms with Crippen LogP contribution in [0, 0.1) is 0 Å². The van der Waals surface area contributed by atoms with Gasteiger partial charge in [0.25, 0.3) is 0 Å². The van der Waals surface area contributed by atoms with Crippen LogP contribution >= 0.6 is 0 Å². The summed E-state index contributed by atoms with van der Waals surface area (Å²) in [5.74, 6) is 0.695. The van der Waals surface area contributed by atoms with Gasteiger partial charge in [0.1, 0.15) is 12.4 Å². The Morgan fingerprint density at radius 3 is 2.36 bits per heavy atom.